The minimum absolute atomic E-state index is 0.323. The number of aromatic nitrogens is 1. The second kappa shape index (κ2) is 5.23. The first-order valence-corrected chi connectivity index (χ1v) is 6.28. The molecular weight excluding hydrogens is 286 g/mol. The van der Waals surface area contributed by atoms with E-state index in [0.29, 0.717) is 12.1 Å². The van der Waals surface area contributed by atoms with Gasteiger partial charge in [0.05, 0.1) is 25.4 Å². The average molecular weight is 298 g/mol. The molecule has 1 heterocycles. The Hall–Kier alpha value is -1.49. The van der Waals surface area contributed by atoms with Gasteiger partial charge in [-0.25, -0.2) is 9.53 Å². The highest BCUT2D eigenvalue weighted by molar-refractivity contribution is 9.09. The predicted molar refractivity (Wildman–Crippen MR) is 68.8 cm³/mol. The summed E-state index contributed by atoms with van der Waals surface area (Å²) >= 11 is 3.30. The minimum Gasteiger partial charge on any atom is -0.497 e. The van der Waals surface area contributed by atoms with E-state index in [9.17, 15) is 4.79 Å². The zero-order chi connectivity index (χ0) is 12.3. The van der Waals surface area contributed by atoms with E-state index in [1.165, 1.54) is 4.74 Å². The number of benzene rings is 1. The van der Waals surface area contributed by atoms with Crippen LogP contribution in [0.3, 0.4) is 0 Å². The van der Waals surface area contributed by atoms with Crippen molar-refractivity contribution in [2.24, 2.45) is 0 Å². The van der Waals surface area contributed by atoms with Crippen molar-refractivity contribution >= 4 is 15.9 Å². The van der Waals surface area contributed by atoms with Gasteiger partial charge in [-0.2, -0.15) is 0 Å². The van der Waals surface area contributed by atoms with E-state index in [1.807, 2.05) is 24.3 Å². The van der Waals surface area contributed by atoms with Crippen molar-refractivity contribution in [3.8, 4) is 16.9 Å². The fourth-order valence-electron chi connectivity index (χ4n) is 1.54. The summed E-state index contributed by atoms with van der Waals surface area (Å²) in [5.74, 6) is 0.762. The number of halogens is 1. The van der Waals surface area contributed by atoms with Gasteiger partial charge in [0.25, 0.3) is 0 Å². The van der Waals surface area contributed by atoms with Crippen molar-refractivity contribution in [2.75, 3.05) is 12.4 Å². The molecule has 90 valence electrons. The van der Waals surface area contributed by atoms with Crippen molar-refractivity contribution in [1.29, 1.82) is 0 Å². The highest BCUT2D eigenvalue weighted by atomic mass is 79.9. The lowest BCUT2D eigenvalue weighted by Gasteiger charge is -1.99. The molecule has 1 aromatic heterocycles. The van der Waals surface area contributed by atoms with Gasteiger partial charge in [-0.1, -0.05) is 28.1 Å². The molecule has 0 radical (unpaired) electrons. The summed E-state index contributed by atoms with van der Waals surface area (Å²) in [6.07, 6.45) is 1.71. The molecule has 2 rings (SSSR count). The van der Waals surface area contributed by atoms with Gasteiger partial charge in [0, 0.05) is 5.33 Å². The van der Waals surface area contributed by atoms with E-state index >= 15 is 0 Å². The lowest BCUT2D eigenvalue weighted by atomic mass is 10.1. The average Bonchev–Trinajstić information content (AvgIpc) is 2.71. The minimum atomic E-state index is -0.323. The first-order valence-electron chi connectivity index (χ1n) is 5.15. The highest BCUT2D eigenvalue weighted by Gasteiger charge is 2.08. The fraction of sp³-hybridized carbons (Fsp3) is 0.250. The van der Waals surface area contributed by atoms with Crippen molar-refractivity contribution in [3.63, 3.8) is 0 Å². The SMILES string of the molecule is COc1ccc(-c2cn(CCBr)oc2=O)cc1. The molecule has 0 aliphatic rings. The summed E-state index contributed by atoms with van der Waals surface area (Å²) < 4.78 is 11.7. The van der Waals surface area contributed by atoms with Crippen LogP contribution in [0.4, 0.5) is 0 Å². The Kier molecular flexibility index (Phi) is 3.68. The molecule has 5 heteroatoms. The van der Waals surface area contributed by atoms with Crippen LogP contribution < -0.4 is 10.4 Å². The summed E-state index contributed by atoms with van der Waals surface area (Å²) in [7, 11) is 1.61. The summed E-state index contributed by atoms with van der Waals surface area (Å²) in [6, 6.07) is 7.31. The van der Waals surface area contributed by atoms with Crippen LogP contribution in [-0.2, 0) is 6.54 Å². The molecule has 0 atom stereocenters. The van der Waals surface area contributed by atoms with Gasteiger partial charge in [-0.3, -0.25) is 0 Å². The van der Waals surface area contributed by atoms with Crippen LogP contribution >= 0.6 is 15.9 Å². The Morgan fingerprint density at radius 3 is 2.65 bits per heavy atom. The molecule has 0 aliphatic carbocycles. The number of aryl methyl sites for hydroxylation is 1. The number of alkyl halides is 1. The third-order valence-electron chi connectivity index (χ3n) is 2.40. The molecule has 0 N–H and O–H groups in total. The van der Waals surface area contributed by atoms with E-state index in [2.05, 4.69) is 15.9 Å². The first-order chi connectivity index (χ1) is 8.24. The molecule has 0 fully saturated rings. The molecule has 1 aromatic carbocycles. The van der Waals surface area contributed by atoms with Gasteiger partial charge in [0.1, 0.15) is 5.75 Å². The second-order valence-corrected chi connectivity index (χ2v) is 4.27. The Bertz CT molecular complexity index is 542. The monoisotopic (exact) mass is 297 g/mol. The standard InChI is InChI=1S/C12H12BrNO3/c1-16-10-4-2-9(3-5-10)11-8-14(7-6-13)17-12(11)15/h2-5,8H,6-7H2,1H3. The van der Waals surface area contributed by atoms with Crippen molar-refractivity contribution in [3.05, 3.63) is 40.9 Å². The highest BCUT2D eigenvalue weighted by Crippen LogP contribution is 2.19. The molecular formula is C12H12BrNO3. The molecule has 0 saturated heterocycles. The third kappa shape index (κ3) is 2.61. The largest absolute Gasteiger partial charge is 0.497 e. The molecule has 0 spiro atoms. The first kappa shape index (κ1) is 12.0. The lowest BCUT2D eigenvalue weighted by Crippen LogP contribution is -1.98. The molecule has 0 unspecified atom stereocenters. The van der Waals surface area contributed by atoms with Gasteiger partial charge in [-0.05, 0) is 17.7 Å². The molecule has 2 aromatic rings. The van der Waals surface area contributed by atoms with Crippen LogP contribution in [-0.4, -0.2) is 17.2 Å². The summed E-state index contributed by atoms with van der Waals surface area (Å²) in [5.41, 5.74) is 1.07. The van der Waals surface area contributed by atoms with Crippen LogP contribution in [0.15, 0.2) is 39.8 Å². The summed E-state index contributed by atoms with van der Waals surface area (Å²) in [5, 5.41) is 0.743. The van der Waals surface area contributed by atoms with Crippen molar-refractivity contribution in [1.82, 2.24) is 4.74 Å². The number of nitrogens with zero attached hydrogens (tertiary/aromatic N) is 1. The number of hydrogen-bond acceptors (Lipinski definition) is 3. The predicted octanol–water partition coefficient (Wildman–Crippen LogP) is 2.51. The maximum atomic E-state index is 11.6. The van der Waals surface area contributed by atoms with Gasteiger partial charge in [-0.15, -0.1) is 0 Å². The number of methoxy groups -OCH3 is 1. The third-order valence-corrected chi connectivity index (χ3v) is 2.75. The molecule has 0 saturated carbocycles. The van der Waals surface area contributed by atoms with E-state index in [0.717, 1.165) is 16.6 Å². The molecule has 0 amide bonds. The number of rotatable bonds is 4. The topological polar surface area (TPSA) is 44.4 Å². The summed E-state index contributed by atoms with van der Waals surface area (Å²) in [6.45, 7) is 0.630. The molecule has 4 nitrogen and oxygen atoms in total. The molecule has 0 bridgehead atoms. The van der Waals surface area contributed by atoms with E-state index in [1.54, 1.807) is 13.3 Å². The maximum absolute atomic E-state index is 11.6. The molecule has 0 aliphatic heterocycles. The number of ether oxygens (including phenoxy) is 1. The zero-order valence-corrected chi connectivity index (χ0v) is 10.9. The lowest BCUT2D eigenvalue weighted by molar-refractivity contribution is 0.262. The van der Waals surface area contributed by atoms with Crippen molar-refractivity contribution in [2.45, 2.75) is 6.54 Å². The van der Waals surface area contributed by atoms with E-state index in [4.69, 9.17) is 9.26 Å². The quantitative estimate of drug-likeness (QED) is 0.815. The maximum Gasteiger partial charge on any atom is 0.365 e. The van der Waals surface area contributed by atoms with E-state index in [-0.39, 0.29) is 5.63 Å². The van der Waals surface area contributed by atoms with Gasteiger partial charge in [0.15, 0.2) is 0 Å². The van der Waals surface area contributed by atoms with Crippen LogP contribution in [0.1, 0.15) is 0 Å². The van der Waals surface area contributed by atoms with Gasteiger partial charge >= 0.3 is 5.63 Å². The van der Waals surface area contributed by atoms with E-state index < -0.39 is 0 Å². The smallest absolute Gasteiger partial charge is 0.365 e. The molecule has 17 heavy (non-hydrogen) atoms. The Labute approximate surface area is 107 Å². The van der Waals surface area contributed by atoms with Crippen LogP contribution in [0.5, 0.6) is 5.75 Å². The fourth-order valence-corrected chi connectivity index (χ4v) is 1.88. The number of hydrogen-bond donors (Lipinski definition) is 0. The summed E-state index contributed by atoms with van der Waals surface area (Å²) in [4.78, 5) is 11.6. The van der Waals surface area contributed by atoms with Crippen LogP contribution in [0.2, 0.25) is 0 Å². The van der Waals surface area contributed by atoms with Gasteiger partial charge in [0.2, 0.25) is 0 Å². The van der Waals surface area contributed by atoms with Gasteiger partial charge < -0.3 is 9.26 Å². The van der Waals surface area contributed by atoms with Crippen molar-refractivity contribution < 1.29 is 9.26 Å². The van der Waals surface area contributed by atoms with Crippen LogP contribution in [0, 0.1) is 0 Å². The Morgan fingerprint density at radius 1 is 1.35 bits per heavy atom. The normalized spacial score (nSPS) is 10.5. The Morgan fingerprint density at radius 2 is 2.06 bits per heavy atom. The zero-order valence-electron chi connectivity index (χ0n) is 9.35. The second-order valence-electron chi connectivity index (χ2n) is 3.48. The Balaban J connectivity index is 2.35. The van der Waals surface area contributed by atoms with Crippen LogP contribution in [0.25, 0.3) is 11.1 Å².